The minimum Gasteiger partial charge on any atom is -0.458 e. The summed E-state index contributed by atoms with van der Waals surface area (Å²) < 4.78 is 9.56. The van der Waals surface area contributed by atoms with Crippen LogP contribution in [0.4, 0.5) is 34.1 Å². The van der Waals surface area contributed by atoms with Crippen molar-refractivity contribution in [3.05, 3.63) is 200 Å². The molecule has 0 saturated carbocycles. The van der Waals surface area contributed by atoms with Crippen LogP contribution in [0.1, 0.15) is 0 Å². The second-order valence-electron chi connectivity index (χ2n) is 14.0. The van der Waals surface area contributed by atoms with Gasteiger partial charge in [0.05, 0.1) is 16.7 Å². The third-order valence-corrected chi connectivity index (χ3v) is 10.8. The van der Waals surface area contributed by atoms with Crippen molar-refractivity contribution in [1.29, 1.82) is 0 Å². The number of nitrogens with zero attached hydrogens (tertiary/aromatic N) is 4. The summed E-state index contributed by atoms with van der Waals surface area (Å²) in [5.41, 5.74) is 14.0. The summed E-state index contributed by atoms with van der Waals surface area (Å²) in [5, 5.41) is 0. The van der Waals surface area contributed by atoms with E-state index in [1.165, 1.54) is 5.46 Å². The third-order valence-electron chi connectivity index (χ3n) is 10.8. The average molecular weight is 705 g/mol. The minimum atomic E-state index is -0.0582. The summed E-state index contributed by atoms with van der Waals surface area (Å²) >= 11 is 0. The minimum absolute atomic E-state index is 0.0582. The molecular formula is C49H33BN4O. The summed E-state index contributed by atoms with van der Waals surface area (Å²) in [6.07, 6.45) is 0. The number of rotatable bonds is 7. The van der Waals surface area contributed by atoms with Crippen LogP contribution >= 0.6 is 0 Å². The highest BCUT2D eigenvalue weighted by Crippen LogP contribution is 2.43. The van der Waals surface area contributed by atoms with Gasteiger partial charge in [-0.05, 0) is 83.1 Å². The van der Waals surface area contributed by atoms with Gasteiger partial charge >= 0.3 is 0 Å². The molecule has 5 nitrogen and oxygen atoms in total. The lowest BCUT2D eigenvalue weighted by molar-refractivity contribution is 0.487. The first-order valence-corrected chi connectivity index (χ1v) is 18.7. The fourth-order valence-electron chi connectivity index (χ4n) is 8.48. The van der Waals surface area contributed by atoms with Gasteiger partial charge in [0.1, 0.15) is 17.3 Å². The Labute approximate surface area is 320 Å². The number of anilines is 6. The maximum absolute atomic E-state index is 7.20. The Balaban J connectivity index is 1.18. The van der Waals surface area contributed by atoms with E-state index in [9.17, 15) is 0 Å². The molecule has 0 radical (unpaired) electrons. The lowest BCUT2D eigenvalue weighted by Crippen LogP contribution is -2.58. The number of benzene rings is 8. The zero-order valence-corrected chi connectivity index (χ0v) is 29.8. The zero-order chi connectivity index (χ0) is 36.3. The van der Waals surface area contributed by atoms with E-state index in [4.69, 9.17) is 9.72 Å². The normalized spacial score (nSPS) is 12.1. The fraction of sp³-hybridized carbons (Fsp3) is 0. The molecule has 8 aromatic carbocycles. The number of ether oxygens (including phenoxy) is 1. The number of para-hydroxylation sites is 5. The molecule has 0 amide bonds. The molecule has 0 fully saturated rings. The van der Waals surface area contributed by atoms with Crippen LogP contribution in [0, 0.1) is 0 Å². The first-order valence-electron chi connectivity index (χ1n) is 18.7. The predicted molar refractivity (Wildman–Crippen MR) is 227 cm³/mol. The topological polar surface area (TPSA) is 33.5 Å². The number of fused-ring (bicyclic) bond motifs is 4. The third kappa shape index (κ3) is 5.07. The largest absolute Gasteiger partial charge is 0.458 e. The number of imidazole rings is 1. The summed E-state index contributed by atoms with van der Waals surface area (Å²) in [6.45, 7) is -0.0582. The molecule has 0 spiro atoms. The second kappa shape index (κ2) is 12.7. The van der Waals surface area contributed by atoms with Gasteiger partial charge in [-0.25, -0.2) is 4.98 Å². The molecule has 0 N–H and O–H groups in total. The van der Waals surface area contributed by atoms with Gasteiger partial charge in [0.2, 0.25) is 0 Å². The van der Waals surface area contributed by atoms with Crippen LogP contribution in [0.25, 0.3) is 28.1 Å². The molecule has 0 saturated heterocycles. The Hall–Kier alpha value is -7.31. The maximum Gasteiger partial charge on any atom is 0.256 e. The van der Waals surface area contributed by atoms with Gasteiger partial charge in [-0.1, -0.05) is 121 Å². The summed E-state index contributed by atoms with van der Waals surface area (Å²) in [6, 6.07) is 70.5. The highest BCUT2D eigenvalue weighted by Gasteiger charge is 2.41. The van der Waals surface area contributed by atoms with Crippen molar-refractivity contribution >= 4 is 68.3 Å². The highest BCUT2D eigenvalue weighted by atomic mass is 16.5. The van der Waals surface area contributed by atoms with Gasteiger partial charge in [0.15, 0.2) is 0 Å². The summed E-state index contributed by atoms with van der Waals surface area (Å²) in [5.74, 6) is 2.59. The van der Waals surface area contributed by atoms with Gasteiger partial charge in [0, 0.05) is 51.8 Å². The van der Waals surface area contributed by atoms with Crippen molar-refractivity contribution in [1.82, 2.24) is 9.55 Å². The van der Waals surface area contributed by atoms with Crippen molar-refractivity contribution in [3.8, 4) is 28.6 Å². The first kappa shape index (κ1) is 31.2. The van der Waals surface area contributed by atoms with Crippen LogP contribution in [0.3, 0.4) is 0 Å². The van der Waals surface area contributed by atoms with E-state index in [0.717, 1.165) is 84.7 Å². The Morgan fingerprint density at radius 2 is 0.964 bits per heavy atom. The number of aromatic nitrogens is 2. The van der Waals surface area contributed by atoms with Crippen molar-refractivity contribution in [2.45, 2.75) is 0 Å². The molecule has 55 heavy (non-hydrogen) atoms. The van der Waals surface area contributed by atoms with Crippen LogP contribution in [-0.4, -0.2) is 16.3 Å². The van der Waals surface area contributed by atoms with Crippen LogP contribution in [0.5, 0.6) is 11.5 Å². The van der Waals surface area contributed by atoms with Crippen LogP contribution in [0.2, 0.25) is 0 Å². The van der Waals surface area contributed by atoms with E-state index in [-0.39, 0.29) is 6.71 Å². The molecule has 0 atom stereocenters. The molecule has 2 aliphatic rings. The Kier molecular flexibility index (Phi) is 7.20. The molecule has 11 rings (SSSR count). The Morgan fingerprint density at radius 1 is 0.436 bits per heavy atom. The van der Waals surface area contributed by atoms with E-state index < -0.39 is 0 Å². The summed E-state index contributed by atoms with van der Waals surface area (Å²) in [7, 11) is 0. The van der Waals surface area contributed by atoms with Gasteiger partial charge in [0.25, 0.3) is 6.71 Å². The van der Waals surface area contributed by atoms with Crippen molar-refractivity contribution in [3.63, 3.8) is 0 Å². The predicted octanol–water partition coefficient (Wildman–Crippen LogP) is 10.6. The molecular weight excluding hydrogens is 671 g/mol. The van der Waals surface area contributed by atoms with Crippen molar-refractivity contribution < 1.29 is 4.74 Å². The van der Waals surface area contributed by atoms with Gasteiger partial charge in [-0.3, -0.25) is 4.57 Å². The molecule has 258 valence electrons. The molecule has 0 unspecified atom stereocenters. The SMILES string of the molecule is c1ccc(-c2nc3cccc4c3n2-c2cc(N(c3ccccc3)c3ccccc3)cc3c2B4c2ccc(N(c4ccccc4)c4ccccc4)cc2O3)cc1. The lowest BCUT2D eigenvalue weighted by Gasteiger charge is -2.36. The second-order valence-corrected chi connectivity index (χ2v) is 14.0. The Bertz CT molecular complexity index is 2770. The van der Waals surface area contributed by atoms with E-state index in [0.29, 0.717) is 0 Å². The van der Waals surface area contributed by atoms with Gasteiger partial charge in [-0.15, -0.1) is 0 Å². The molecule has 6 heteroatoms. The van der Waals surface area contributed by atoms with Gasteiger partial charge in [-0.2, -0.15) is 0 Å². The standard InChI is InChI=1S/C49H33BN4O/c1-6-17-34(18-7-1)49-51-43-28-16-27-42-48(43)54(49)44-31-40(53(37-23-12-4-13-24-37)38-25-14-5-15-26-38)33-46-47(44)50(42)41-30-29-39(32-45(41)55-46)52(35-19-8-2-9-20-35)36-21-10-3-11-22-36/h1-33H. The quantitative estimate of drug-likeness (QED) is 0.155. The monoisotopic (exact) mass is 704 g/mol. The number of hydrogen-bond acceptors (Lipinski definition) is 4. The highest BCUT2D eigenvalue weighted by molar-refractivity contribution is 6.99. The van der Waals surface area contributed by atoms with Crippen LogP contribution in [0.15, 0.2) is 200 Å². The van der Waals surface area contributed by atoms with E-state index in [1.54, 1.807) is 0 Å². The Morgan fingerprint density at radius 3 is 1.55 bits per heavy atom. The molecule has 0 bridgehead atoms. The molecule has 3 heterocycles. The van der Waals surface area contributed by atoms with Crippen molar-refractivity contribution in [2.24, 2.45) is 0 Å². The molecule has 1 aromatic heterocycles. The van der Waals surface area contributed by atoms with E-state index in [1.807, 2.05) is 0 Å². The molecule has 0 aliphatic carbocycles. The molecule has 9 aromatic rings. The average Bonchev–Trinajstić information content (AvgIpc) is 3.65. The smallest absolute Gasteiger partial charge is 0.256 e. The molecule has 2 aliphatic heterocycles. The van der Waals surface area contributed by atoms with Crippen LogP contribution in [-0.2, 0) is 0 Å². The first-order chi connectivity index (χ1) is 27.3. The fourth-order valence-corrected chi connectivity index (χ4v) is 8.48. The zero-order valence-electron chi connectivity index (χ0n) is 29.8. The van der Waals surface area contributed by atoms with E-state index >= 15 is 0 Å². The van der Waals surface area contributed by atoms with Crippen LogP contribution < -0.4 is 30.9 Å². The lowest BCUT2D eigenvalue weighted by atomic mass is 9.34. The van der Waals surface area contributed by atoms with E-state index in [2.05, 4.69) is 215 Å². The maximum atomic E-state index is 7.20. The number of hydrogen-bond donors (Lipinski definition) is 0. The van der Waals surface area contributed by atoms with Crippen molar-refractivity contribution in [2.75, 3.05) is 9.80 Å². The summed E-state index contributed by atoms with van der Waals surface area (Å²) in [4.78, 5) is 9.92. The van der Waals surface area contributed by atoms with Gasteiger partial charge < -0.3 is 14.5 Å².